The summed E-state index contributed by atoms with van der Waals surface area (Å²) in [5, 5.41) is 7.99. The van der Waals surface area contributed by atoms with Crippen LogP contribution in [0.4, 0.5) is 0 Å². The third kappa shape index (κ3) is 1.69. The van der Waals surface area contributed by atoms with Crippen molar-refractivity contribution in [3.05, 3.63) is 4.91 Å². The molecule has 2 aliphatic heterocycles. The number of hydrogen-bond donors (Lipinski definition) is 1. The van der Waals surface area contributed by atoms with Crippen molar-refractivity contribution >= 4 is 12.4 Å². The SMILES string of the molecule is Cl.O=NN1C[C@H]2CCCN[C@H]2C1. The van der Waals surface area contributed by atoms with Gasteiger partial charge in [0, 0.05) is 12.6 Å². The Morgan fingerprint density at radius 2 is 2.25 bits per heavy atom. The summed E-state index contributed by atoms with van der Waals surface area (Å²) in [7, 11) is 0. The predicted molar refractivity (Wildman–Crippen MR) is 49.1 cm³/mol. The van der Waals surface area contributed by atoms with Gasteiger partial charge < -0.3 is 5.32 Å². The maximum absolute atomic E-state index is 10.2. The van der Waals surface area contributed by atoms with Crippen LogP contribution in [-0.4, -0.2) is 30.7 Å². The normalized spacial score (nSPS) is 33.8. The molecular weight excluding hydrogens is 178 g/mol. The first kappa shape index (κ1) is 9.74. The smallest absolute Gasteiger partial charge is 0.0549 e. The molecule has 4 nitrogen and oxygen atoms in total. The van der Waals surface area contributed by atoms with Crippen molar-refractivity contribution in [3.63, 3.8) is 0 Å². The maximum atomic E-state index is 10.2. The molecule has 70 valence electrons. The van der Waals surface area contributed by atoms with Crippen molar-refractivity contribution in [1.82, 2.24) is 10.3 Å². The highest BCUT2D eigenvalue weighted by molar-refractivity contribution is 5.85. The summed E-state index contributed by atoms with van der Waals surface area (Å²) in [6.45, 7) is 2.78. The first-order chi connectivity index (χ1) is 5.40. The van der Waals surface area contributed by atoms with Crippen LogP contribution < -0.4 is 5.32 Å². The van der Waals surface area contributed by atoms with Crippen LogP contribution in [0.5, 0.6) is 0 Å². The molecule has 0 spiro atoms. The Morgan fingerprint density at radius 1 is 1.42 bits per heavy atom. The molecule has 0 radical (unpaired) electrons. The molecule has 0 saturated carbocycles. The lowest BCUT2D eigenvalue weighted by Gasteiger charge is -2.24. The van der Waals surface area contributed by atoms with E-state index in [1.807, 2.05) is 0 Å². The van der Waals surface area contributed by atoms with E-state index in [2.05, 4.69) is 10.6 Å². The molecule has 2 atom stereocenters. The van der Waals surface area contributed by atoms with Crippen molar-refractivity contribution in [2.45, 2.75) is 18.9 Å². The van der Waals surface area contributed by atoms with Crippen molar-refractivity contribution < 1.29 is 0 Å². The fourth-order valence-corrected chi connectivity index (χ4v) is 2.09. The first-order valence-electron chi connectivity index (χ1n) is 4.22. The maximum Gasteiger partial charge on any atom is 0.0549 e. The van der Waals surface area contributed by atoms with Crippen LogP contribution in [-0.2, 0) is 0 Å². The van der Waals surface area contributed by atoms with Gasteiger partial charge >= 0.3 is 0 Å². The molecule has 5 heteroatoms. The van der Waals surface area contributed by atoms with Crippen LogP contribution in [0.1, 0.15) is 12.8 Å². The van der Waals surface area contributed by atoms with Crippen LogP contribution in [0.15, 0.2) is 5.29 Å². The van der Waals surface area contributed by atoms with Crippen LogP contribution in [0.2, 0.25) is 0 Å². The fraction of sp³-hybridized carbons (Fsp3) is 1.00. The van der Waals surface area contributed by atoms with Gasteiger partial charge in [0.1, 0.15) is 0 Å². The third-order valence-electron chi connectivity index (χ3n) is 2.70. The summed E-state index contributed by atoms with van der Waals surface area (Å²) in [4.78, 5) is 10.2. The number of nitroso groups, excluding NO2 is 1. The number of piperidine rings is 1. The van der Waals surface area contributed by atoms with Gasteiger partial charge in [-0.3, -0.25) is 5.01 Å². The van der Waals surface area contributed by atoms with E-state index >= 15 is 0 Å². The summed E-state index contributed by atoms with van der Waals surface area (Å²) in [6.07, 6.45) is 2.50. The highest BCUT2D eigenvalue weighted by Crippen LogP contribution is 2.24. The number of rotatable bonds is 1. The zero-order valence-corrected chi connectivity index (χ0v) is 7.72. The second-order valence-corrected chi connectivity index (χ2v) is 3.42. The van der Waals surface area contributed by atoms with Gasteiger partial charge in [0.2, 0.25) is 0 Å². The van der Waals surface area contributed by atoms with Gasteiger partial charge in [-0.2, -0.15) is 0 Å². The lowest BCUT2D eigenvalue weighted by atomic mass is 9.94. The Kier molecular flexibility index (Phi) is 3.29. The molecule has 2 heterocycles. The number of fused-ring (bicyclic) bond motifs is 1. The zero-order chi connectivity index (χ0) is 7.68. The van der Waals surface area contributed by atoms with E-state index in [1.165, 1.54) is 12.8 Å². The van der Waals surface area contributed by atoms with Crippen molar-refractivity contribution in [1.29, 1.82) is 0 Å². The Hall–Kier alpha value is -0.350. The minimum Gasteiger partial charge on any atom is -0.312 e. The van der Waals surface area contributed by atoms with Gasteiger partial charge in [-0.05, 0) is 25.3 Å². The second-order valence-electron chi connectivity index (χ2n) is 3.42. The Balaban J connectivity index is 0.000000720. The molecule has 0 aromatic heterocycles. The average Bonchev–Trinajstić information content (AvgIpc) is 2.46. The third-order valence-corrected chi connectivity index (χ3v) is 2.70. The first-order valence-corrected chi connectivity index (χ1v) is 4.22. The van der Waals surface area contributed by atoms with Crippen molar-refractivity contribution in [2.75, 3.05) is 19.6 Å². The minimum absolute atomic E-state index is 0. The van der Waals surface area contributed by atoms with E-state index in [-0.39, 0.29) is 12.4 Å². The van der Waals surface area contributed by atoms with Crippen molar-refractivity contribution in [3.8, 4) is 0 Å². The number of nitrogens with one attached hydrogen (secondary N) is 1. The van der Waals surface area contributed by atoms with E-state index in [4.69, 9.17) is 0 Å². The van der Waals surface area contributed by atoms with Gasteiger partial charge in [-0.25, -0.2) is 0 Å². The van der Waals surface area contributed by atoms with Crippen LogP contribution in [0, 0.1) is 10.8 Å². The topological polar surface area (TPSA) is 44.7 Å². The monoisotopic (exact) mass is 191 g/mol. The van der Waals surface area contributed by atoms with Gasteiger partial charge in [-0.1, -0.05) is 0 Å². The largest absolute Gasteiger partial charge is 0.312 e. The molecule has 2 fully saturated rings. The molecule has 1 N–H and O–H groups in total. The fourth-order valence-electron chi connectivity index (χ4n) is 2.09. The van der Waals surface area contributed by atoms with E-state index in [0.717, 1.165) is 19.6 Å². The van der Waals surface area contributed by atoms with E-state index in [0.29, 0.717) is 12.0 Å². The highest BCUT2D eigenvalue weighted by atomic mass is 35.5. The number of nitrogens with zero attached hydrogens (tertiary/aromatic N) is 2. The van der Waals surface area contributed by atoms with Gasteiger partial charge in [0.25, 0.3) is 0 Å². The minimum atomic E-state index is 0. The Labute approximate surface area is 78.0 Å². The summed E-state index contributed by atoms with van der Waals surface area (Å²) in [6, 6.07) is 0.529. The molecule has 0 aliphatic carbocycles. The molecule has 0 bridgehead atoms. The van der Waals surface area contributed by atoms with E-state index in [1.54, 1.807) is 5.01 Å². The summed E-state index contributed by atoms with van der Waals surface area (Å²) in [5.41, 5.74) is 0. The quantitative estimate of drug-likeness (QED) is 0.623. The van der Waals surface area contributed by atoms with Crippen molar-refractivity contribution in [2.24, 2.45) is 11.2 Å². The highest BCUT2D eigenvalue weighted by Gasteiger charge is 2.34. The average molecular weight is 192 g/mol. The summed E-state index contributed by atoms with van der Waals surface area (Å²) in [5.74, 6) is 0.668. The van der Waals surface area contributed by atoms with Crippen LogP contribution >= 0.6 is 12.4 Å². The number of halogens is 1. The Bertz CT molecular complexity index is 153. The molecule has 0 amide bonds. The molecule has 0 unspecified atom stereocenters. The zero-order valence-electron chi connectivity index (χ0n) is 6.90. The molecule has 0 aromatic carbocycles. The lowest BCUT2D eigenvalue weighted by molar-refractivity contribution is 0.329. The summed E-state index contributed by atoms with van der Waals surface area (Å²) < 4.78 is 0. The molecule has 0 aromatic rings. The van der Waals surface area contributed by atoms with Gasteiger partial charge in [0.15, 0.2) is 0 Å². The second kappa shape index (κ2) is 4.05. The number of hydrogen-bond acceptors (Lipinski definition) is 3. The van der Waals surface area contributed by atoms with E-state index in [9.17, 15) is 4.91 Å². The standard InChI is InChI=1S/C7H13N3O.ClH/c11-9-10-4-6-2-1-3-8-7(6)5-10;/h6-8H,1-5H2;1H/t6-,7+;/m1./s1. The van der Waals surface area contributed by atoms with Gasteiger partial charge in [0.05, 0.1) is 11.8 Å². The predicted octanol–water partition coefficient (Wildman–Crippen LogP) is 0.773. The molecule has 2 saturated heterocycles. The van der Waals surface area contributed by atoms with Crippen LogP contribution in [0.3, 0.4) is 0 Å². The molecule has 2 aliphatic rings. The van der Waals surface area contributed by atoms with Gasteiger partial charge in [-0.15, -0.1) is 17.3 Å². The van der Waals surface area contributed by atoms with E-state index < -0.39 is 0 Å². The molecular formula is C7H14ClN3O. The van der Waals surface area contributed by atoms with Crippen LogP contribution in [0.25, 0.3) is 0 Å². The Morgan fingerprint density at radius 3 is 2.92 bits per heavy atom. The lowest BCUT2D eigenvalue weighted by Crippen LogP contribution is -2.40. The molecule has 2 rings (SSSR count). The summed E-state index contributed by atoms with van der Waals surface area (Å²) >= 11 is 0. The molecule has 12 heavy (non-hydrogen) atoms.